The molecule has 2 fully saturated rings. The first kappa shape index (κ1) is 18.8. The van der Waals surface area contributed by atoms with Gasteiger partial charge in [0.2, 0.25) is 0 Å². The summed E-state index contributed by atoms with van der Waals surface area (Å²) in [5, 5.41) is 0. The molecule has 8 heteroatoms. The van der Waals surface area contributed by atoms with Crippen molar-refractivity contribution < 1.29 is 38.0 Å². The van der Waals surface area contributed by atoms with Gasteiger partial charge in [-0.1, -0.05) is 6.92 Å². The van der Waals surface area contributed by atoms with Crippen molar-refractivity contribution in [1.29, 1.82) is 0 Å². The molecule has 8 nitrogen and oxygen atoms in total. The van der Waals surface area contributed by atoms with Crippen LogP contribution >= 0.6 is 0 Å². The molecular formula is C16H26O8. The normalized spacial score (nSPS) is 25.7. The Bertz CT molecular complexity index is 473. The average Bonchev–Trinajstić information content (AvgIpc) is 3.11. The first-order valence-electron chi connectivity index (χ1n) is 8.05. The van der Waals surface area contributed by atoms with Crippen LogP contribution in [0.3, 0.4) is 0 Å². The highest BCUT2D eigenvalue weighted by Gasteiger charge is 2.41. The Hall–Kier alpha value is -1.54. The molecule has 3 atom stereocenters. The van der Waals surface area contributed by atoms with Crippen LogP contribution in [0.1, 0.15) is 34.6 Å². The molecule has 0 saturated carbocycles. The largest absolute Gasteiger partial charge is 0.508 e. The minimum Gasteiger partial charge on any atom is -0.430 e. The molecule has 0 N–H and O–H groups in total. The van der Waals surface area contributed by atoms with Gasteiger partial charge in [0.1, 0.15) is 18.8 Å². The van der Waals surface area contributed by atoms with E-state index in [1.807, 2.05) is 34.6 Å². The van der Waals surface area contributed by atoms with E-state index >= 15 is 0 Å². The van der Waals surface area contributed by atoms with Crippen LogP contribution in [-0.4, -0.2) is 62.1 Å². The zero-order valence-electron chi connectivity index (χ0n) is 14.8. The number of ether oxygens (including phenoxy) is 6. The Morgan fingerprint density at radius 2 is 1.67 bits per heavy atom. The molecule has 2 aliphatic rings. The van der Waals surface area contributed by atoms with Gasteiger partial charge in [-0.15, -0.1) is 0 Å². The van der Waals surface area contributed by atoms with Crippen LogP contribution in [0.5, 0.6) is 0 Å². The fourth-order valence-corrected chi connectivity index (χ4v) is 2.20. The number of rotatable bonds is 8. The van der Waals surface area contributed by atoms with Crippen molar-refractivity contribution in [3.05, 3.63) is 0 Å². The lowest BCUT2D eigenvalue weighted by atomic mass is 9.92. The molecule has 2 rings (SSSR count). The second-order valence-electron chi connectivity index (χ2n) is 7.20. The van der Waals surface area contributed by atoms with E-state index in [0.717, 1.165) is 0 Å². The Morgan fingerprint density at radius 1 is 1.04 bits per heavy atom. The predicted molar refractivity (Wildman–Crippen MR) is 81.7 cm³/mol. The van der Waals surface area contributed by atoms with Crippen LogP contribution in [0.15, 0.2) is 0 Å². The van der Waals surface area contributed by atoms with Crippen molar-refractivity contribution in [2.75, 3.05) is 26.4 Å². The number of carbonyl (C=O) groups excluding carboxylic acids is 2. The molecule has 0 amide bonds. The van der Waals surface area contributed by atoms with Crippen LogP contribution in [0.2, 0.25) is 0 Å². The molecule has 0 spiro atoms. The van der Waals surface area contributed by atoms with E-state index in [1.165, 1.54) is 0 Å². The van der Waals surface area contributed by atoms with Crippen LogP contribution in [0, 0.1) is 5.92 Å². The average molecular weight is 346 g/mol. The van der Waals surface area contributed by atoms with Crippen molar-refractivity contribution in [2.45, 2.75) is 58.0 Å². The van der Waals surface area contributed by atoms with Gasteiger partial charge in [-0.2, -0.15) is 0 Å². The molecule has 2 heterocycles. The Morgan fingerprint density at radius 3 is 2.21 bits per heavy atom. The maximum absolute atomic E-state index is 11.1. The minimum absolute atomic E-state index is 0.0489. The molecule has 3 unspecified atom stereocenters. The molecule has 2 aliphatic heterocycles. The van der Waals surface area contributed by atoms with Crippen molar-refractivity contribution >= 4 is 12.3 Å². The van der Waals surface area contributed by atoms with E-state index in [2.05, 4.69) is 0 Å². The molecule has 138 valence electrons. The van der Waals surface area contributed by atoms with Crippen molar-refractivity contribution in [3.8, 4) is 0 Å². The summed E-state index contributed by atoms with van der Waals surface area (Å²) in [6, 6.07) is 0. The van der Waals surface area contributed by atoms with Crippen molar-refractivity contribution in [2.24, 2.45) is 5.92 Å². The third-order valence-corrected chi connectivity index (χ3v) is 4.55. The van der Waals surface area contributed by atoms with Gasteiger partial charge in [0, 0.05) is 5.92 Å². The predicted octanol–water partition coefficient (Wildman–Crippen LogP) is 2.28. The number of cyclic esters (lactones) is 4. The third kappa shape index (κ3) is 4.73. The molecular weight excluding hydrogens is 320 g/mol. The minimum atomic E-state index is -0.665. The second-order valence-corrected chi connectivity index (χ2v) is 7.20. The molecule has 24 heavy (non-hydrogen) atoms. The van der Waals surface area contributed by atoms with E-state index in [-0.39, 0.29) is 31.8 Å². The van der Waals surface area contributed by atoms with E-state index < -0.39 is 29.6 Å². The SMILES string of the molecule is CC(COC(C)(C)C1COC(=O)O1)C(C)(C)OCC1COC(=O)O1. The quantitative estimate of drug-likeness (QED) is 0.618. The van der Waals surface area contributed by atoms with Crippen LogP contribution in [0.4, 0.5) is 9.59 Å². The van der Waals surface area contributed by atoms with E-state index in [9.17, 15) is 9.59 Å². The van der Waals surface area contributed by atoms with Gasteiger partial charge in [-0.3, -0.25) is 0 Å². The molecule has 0 aliphatic carbocycles. The maximum atomic E-state index is 11.1. The molecule has 0 bridgehead atoms. The molecule has 2 saturated heterocycles. The lowest BCUT2D eigenvalue weighted by molar-refractivity contribution is -0.139. The van der Waals surface area contributed by atoms with Gasteiger partial charge in [0.15, 0.2) is 12.2 Å². The number of carbonyl (C=O) groups is 2. The lowest BCUT2D eigenvalue weighted by Gasteiger charge is -2.36. The first-order valence-corrected chi connectivity index (χ1v) is 8.05. The van der Waals surface area contributed by atoms with E-state index in [1.54, 1.807) is 0 Å². The fourth-order valence-electron chi connectivity index (χ4n) is 2.20. The summed E-state index contributed by atoms with van der Waals surface area (Å²) in [4.78, 5) is 22.0. The van der Waals surface area contributed by atoms with Crippen molar-refractivity contribution in [1.82, 2.24) is 0 Å². The fraction of sp³-hybridized carbons (Fsp3) is 0.875. The summed E-state index contributed by atoms with van der Waals surface area (Å²) < 4.78 is 31.4. The highest BCUT2D eigenvalue weighted by atomic mass is 16.8. The molecule has 0 radical (unpaired) electrons. The van der Waals surface area contributed by atoms with Crippen LogP contribution < -0.4 is 0 Å². The van der Waals surface area contributed by atoms with E-state index in [4.69, 9.17) is 28.4 Å². The standard InChI is InChI=1S/C16H26O8/c1-10(6-21-16(4,5)12-9-20-14(18)24-12)15(2,3)22-8-11-7-19-13(17)23-11/h10-12H,6-9H2,1-5H3. The van der Waals surface area contributed by atoms with Gasteiger partial charge in [0.25, 0.3) is 0 Å². The summed E-state index contributed by atoms with van der Waals surface area (Å²) in [5.74, 6) is 0.0489. The monoisotopic (exact) mass is 346 g/mol. The van der Waals surface area contributed by atoms with Crippen LogP contribution in [0.25, 0.3) is 0 Å². The number of hydrogen-bond donors (Lipinski definition) is 0. The van der Waals surface area contributed by atoms with Gasteiger partial charge in [0.05, 0.1) is 18.8 Å². The van der Waals surface area contributed by atoms with E-state index in [0.29, 0.717) is 6.61 Å². The highest BCUT2D eigenvalue weighted by Crippen LogP contribution is 2.28. The zero-order valence-corrected chi connectivity index (χ0v) is 14.8. The van der Waals surface area contributed by atoms with Crippen LogP contribution in [-0.2, 0) is 28.4 Å². The van der Waals surface area contributed by atoms with Gasteiger partial charge in [-0.05, 0) is 27.7 Å². The summed E-state index contributed by atoms with van der Waals surface area (Å²) in [5.41, 5.74) is -1.15. The van der Waals surface area contributed by atoms with Gasteiger partial charge in [-0.25, -0.2) is 9.59 Å². The second kappa shape index (κ2) is 7.14. The van der Waals surface area contributed by atoms with Gasteiger partial charge < -0.3 is 28.4 Å². The lowest BCUT2D eigenvalue weighted by Crippen LogP contribution is -2.45. The Labute approximate surface area is 141 Å². The van der Waals surface area contributed by atoms with Gasteiger partial charge >= 0.3 is 12.3 Å². The third-order valence-electron chi connectivity index (χ3n) is 4.55. The first-order chi connectivity index (χ1) is 11.1. The maximum Gasteiger partial charge on any atom is 0.508 e. The topological polar surface area (TPSA) is 89.5 Å². The smallest absolute Gasteiger partial charge is 0.430 e. The summed E-state index contributed by atoms with van der Waals surface area (Å²) in [6.45, 7) is 10.7. The highest BCUT2D eigenvalue weighted by molar-refractivity contribution is 5.62. The molecule has 0 aromatic heterocycles. The Balaban J connectivity index is 1.78. The Kier molecular flexibility index (Phi) is 5.59. The van der Waals surface area contributed by atoms with Crippen molar-refractivity contribution in [3.63, 3.8) is 0 Å². The zero-order chi connectivity index (χ0) is 18.0. The number of hydrogen-bond acceptors (Lipinski definition) is 8. The summed E-state index contributed by atoms with van der Waals surface area (Å²) in [7, 11) is 0. The summed E-state index contributed by atoms with van der Waals surface area (Å²) >= 11 is 0. The molecule has 0 aromatic carbocycles. The molecule has 0 aromatic rings. The summed E-state index contributed by atoms with van der Waals surface area (Å²) in [6.07, 6.45) is -2.14.